The lowest BCUT2D eigenvalue weighted by atomic mass is 10.1. The van der Waals surface area contributed by atoms with Crippen LogP contribution in [-0.2, 0) is 4.79 Å². The summed E-state index contributed by atoms with van der Waals surface area (Å²) < 4.78 is 25.9. The number of likely N-dealkylation sites (N-methyl/N-ethyl adjacent to an activating group) is 1. The fourth-order valence-corrected chi connectivity index (χ4v) is 3.07. The molecule has 7 heteroatoms. The van der Waals surface area contributed by atoms with Crippen molar-refractivity contribution in [3.05, 3.63) is 29.8 Å². The van der Waals surface area contributed by atoms with Gasteiger partial charge in [-0.25, -0.2) is 8.78 Å². The molecular weight excluding hydrogens is 318 g/mol. The predicted molar refractivity (Wildman–Crippen MR) is 83.0 cm³/mol. The van der Waals surface area contributed by atoms with Crippen molar-refractivity contribution < 1.29 is 13.6 Å². The van der Waals surface area contributed by atoms with E-state index in [1.807, 2.05) is 11.9 Å². The molecule has 1 fully saturated rings. The van der Waals surface area contributed by atoms with E-state index in [-0.39, 0.29) is 24.1 Å². The second-order valence-corrected chi connectivity index (χ2v) is 5.88. The maximum Gasteiger partial charge on any atom is 0.232 e. The number of hydrogen-bond acceptors (Lipinski definition) is 3. The smallest absolute Gasteiger partial charge is 0.232 e. The Labute approximate surface area is 133 Å². The van der Waals surface area contributed by atoms with Crippen LogP contribution in [0.25, 0.3) is 0 Å². The van der Waals surface area contributed by atoms with E-state index >= 15 is 0 Å². The highest BCUT2D eigenvalue weighted by Gasteiger charge is 2.22. The minimum absolute atomic E-state index is 0. The minimum atomic E-state index is -0.879. The van der Waals surface area contributed by atoms with Gasteiger partial charge in [0, 0.05) is 24.0 Å². The van der Waals surface area contributed by atoms with E-state index in [2.05, 4.69) is 5.32 Å². The Bertz CT molecular complexity index is 490. The molecule has 1 aliphatic rings. The minimum Gasteiger partial charge on any atom is -0.340 e. The van der Waals surface area contributed by atoms with Crippen molar-refractivity contribution >= 4 is 30.1 Å². The van der Waals surface area contributed by atoms with Crippen LogP contribution in [0.1, 0.15) is 12.8 Å². The first-order chi connectivity index (χ1) is 9.60. The van der Waals surface area contributed by atoms with E-state index in [0.29, 0.717) is 17.5 Å². The largest absolute Gasteiger partial charge is 0.340 e. The van der Waals surface area contributed by atoms with E-state index in [1.165, 1.54) is 17.8 Å². The maximum absolute atomic E-state index is 13.1. The molecule has 0 aromatic heterocycles. The number of hydrogen-bond donors (Lipinski definition) is 1. The van der Waals surface area contributed by atoms with E-state index in [4.69, 9.17) is 0 Å². The number of carbonyl (C=O) groups excluding carboxylic acids is 1. The van der Waals surface area contributed by atoms with Crippen LogP contribution in [0.15, 0.2) is 23.1 Å². The van der Waals surface area contributed by atoms with Gasteiger partial charge in [0.2, 0.25) is 5.91 Å². The third-order valence-electron chi connectivity index (χ3n) is 3.44. The fraction of sp³-hybridized carbons (Fsp3) is 0.500. The molecule has 1 aromatic carbocycles. The van der Waals surface area contributed by atoms with Crippen LogP contribution in [0.4, 0.5) is 8.78 Å². The van der Waals surface area contributed by atoms with Gasteiger partial charge in [-0.15, -0.1) is 24.2 Å². The number of nitrogens with zero attached hydrogens (tertiary/aromatic N) is 1. The van der Waals surface area contributed by atoms with Crippen LogP contribution in [0, 0.1) is 11.6 Å². The Kier molecular flexibility index (Phi) is 7.42. The summed E-state index contributed by atoms with van der Waals surface area (Å²) >= 11 is 1.24. The number of carbonyl (C=O) groups is 1. The van der Waals surface area contributed by atoms with Crippen molar-refractivity contribution in [3.63, 3.8) is 0 Å². The molecule has 1 heterocycles. The van der Waals surface area contributed by atoms with Gasteiger partial charge in [-0.05, 0) is 38.1 Å². The summed E-state index contributed by atoms with van der Waals surface area (Å²) in [6.07, 6.45) is 2.07. The molecule has 0 bridgehead atoms. The fourth-order valence-electron chi connectivity index (χ4n) is 2.24. The van der Waals surface area contributed by atoms with Gasteiger partial charge >= 0.3 is 0 Å². The van der Waals surface area contributed by atoms with Crippen LogP contribution in [-0.4, -0.2) is 42.7 Å². The van der Waals surface area contributed by atoms with Crippen molar-refractivity contribution in [3.8, 4) is 0 Å². The Balaban J connectivity index is 0.00000220. The van der Waals surface area contributed by atoms with Crippen LogP contribution >= 0.6 is 24.2 Å². The van der Waals surface area contributed by atoms with Gasteiger partial charge in [-0.1, -0.05) is 0 Å². The van der Waals surface area contributed by atoms with Gasteiger partial charge in [-0.2, -0.15) is 0 Å². The monoisotopic (exact) mass is 336 g/mol. The summed E-state index contributed by atoms with van der Waals surface area (Å²) in [4.78, 5) is 14.5. The number of thioether (sulfide) groups is 1. The summed E-state index contributed by atoms with van der Waals surface area (Å²) in [5.41, 5.74) is 0. The average molecular weight is 337 g/mol. The standard InChI is InChI=1S/C14H18F2N2OS.ClH/c1-17-10-3-2-6-18(8-10)14(19)9-20-11-4-5-12(15)13(16)7-11;/h4-5,7,10,17H,2-3,6,8-9H2,1H3;1H. The molecule has 0 radical (unpaired) electrons. The zero-order valence-electron chi connectivity index (χ0n) is 11.8. The lowest BCUT2D eigenvalue weighted by Crippen LogP contribution is -2.47. The first-order valence-electron chi connectivity index (χ1n) is 6.63. The number of rotatable bonds is 4. The van der Waals surface area contributed by atoms with Crippen molar-refractivity contribution in [2.24, 2.45) is 0 Å². The highest BCUT2D eigenvalue weighted by atomic mass is 35.5. The zero-order chi connectivity index (χ0) is 14.5. The molecular formula is C14H19ClF2N2OS. The van der Waals surface area contributed by atoms with Crippen LogP contribution in [0.3, 0.4) is 0 Å². The third kappa shape index (κ3) is 5.13. The topological polar surface area (TPSA) is 32.3 Å². The highest BCUT2D eigenvalue weighted by molar-refractivity contribution is 8.00. The maximum atomic E-state index is 13.1. The molecule has 0 saturated carbocycles. The van der Waals surface area contributed by atoms with Gasteiger partial charge in [0.25, 0.3) is 0 Å². The SMILES string of the molecule is CNC1CCCN(C(=O)CSc2ccc(F)c(F)c2)C1.Cl. The number of amides is 1. The van der Waals surface area contributed by atoms with Crippen molar-refractivity contribution in [1.82, 2.24) is 10.2 Å². The molecule has 1 N–H and O–H groups in total. The second kappa shape index (κ2) is 8.56. The number of halogens is 3. The molecule has 1 unspecified atom stereocenters. The average Bonchev–Trinajstić information content (AvgIpc) is 2.48. The van der Waals surface area contributed by atoms with E-state index in [9.17, 15) is 13.6 Å². The Morgan fingerprint density at radius 2 is 2.19 bits per heavy atom. The molecule has 2 rings (SSSR count). The highest BCUT2D eigenvalue weighted by Crippen LogP contribution is 2.21. The normalized spacial score (nSPS) is 18.2. The number of nitrogens with one attached hydrogen (secondary N) is 1. The first-order valence-corrected chi connectivity index (χ1v) is 7.61. The molecule has 1 amide bonds. The lowest BCUT2D eigenvalue weighted by Gasteiger charge is -2.32. The summed E-state index contributed by atoms with van der Waals surface area (Å²) in [6.45, 7) is 1.49. The zero-order valence-corrected chi connectivity index (χ0v) is 13.4. The predicted octanol–water partition coefficient (Wildman–Crippen LogP) is 2.69. The molecule has 118 valence electrons. The molecule has 1 saturated heterocycles. The van der Waals surface area contributed by atoms with Gasteiger partial charge < -0.3 is 10.2 Å². The number of benzene rings is 1. The first kappa shape index (κ1) is 18.2. The van der Waals surface area contributed by atoms with Gasteiger partial charge in [0.05, 0.1) is 5.75 Å². The molecule has 0 spiro atoms. The van der Waals surface area contributed by atoms with Gasteiger partial charge in [-0.3, -0.25) is 4.79 Å². The van der Waals surface area contributed by atoms with Crippen LogP contribution in [0.2, 0.25) is 0 Å². The second-order valence-electron chi connectivity index (χ2n) is 4.83. The summed E-state index contributed by atoms with van der Waals surface area (Å²) in [7, 11) is 1.90. The van der Waals surface area contributed by atoms with Crippen molar-refractivity contribution in [2.75, 3.05) is 25.9 Å². The third-order valence-corrected chi connectivity index (χ3v) is 4.41. The van der Waals surface area contributed by atoms with Crippen LogP contribution < -0.4 is 5.32 Å². The summed E-state index contributed by atoms with van der Waals surface area (Å²) in [5.74, 6) is -1.45. The van der Waals surface area contributed by atoms with Gasteiger partial charge in [0.15, 0.2) is 11.6 Å². The molecule has 0 aliphatic carbocycles. The van der Waals surface area contributed by atoms with E-state index < -0.39 is 11.6 Å². The summed E-state index contributed by atoms with van der Waals surface area (Å²) in [5, 5.41) is 3.18. The number of likely N-dealkylation sites (tertiary alicyclic amines) is 1. The number of piperidine rings is 1. The molecule has 3 nitrogen and oxygen atoms in total. The Morgan fingerprint density at radius 1 is 1.43 bits per heavy atom. The Hall–Kier alpha value is -0.850. The van der Waals surface area contributed by atoms with E-state index in [0.717, 1.165) is 31.5 Å². The quantitative estimate of drug-likeness (QED) is 0.858. The van der Waals surface area contributed by atoms with E-state index in [1.54, 1.807) is 0 Å². The molecule has 1 aliphatic heterocycles. The Morgan fingerprint density at radius 3 is 2.86 bits per heavy atom. The molecule has 21 heavy (non-hydrogen) atoms. The molecule has 1 atom stereocenters. The summed E-state index contributed by atoms with van der Waals surface area (Å²) in [6, 6.07) is 4.05. The van der Waals surface area contributed by atoms with Crippen molar-refractivity contribution in [1.29, 1.82) is 0 Å². The van der Waals surface area contributed by atoms with Crippen molar-refractivity contribution in [2.45, 2.75) is 23.8 Å². The lowest BCUT2D eigenvalue weighted by molar-refractivity contribution is -0.129. The molecule has 1 aromatic rings. The van der Waals surface area contributed by atoms with Gasteiger partial charge in [0.1, 0.15) is 0 Å². The van der Waals surface area contributed by atoms with Crippen LogP contribution in [0.5, 0.6) is 0 Å².